The number of nitrogens with zero attached hydrogens (tertiary/aromatic N) is 2. The predicted molar refractivity (Wildman–Crippen MR) is 59.7 cm³/mol. The van der Waals surface area contributed by atoms with Gasteiger partial charge in [-0.15, -0.1) is 0 Å². The highest BCUT2D eigenvalue weighted by atomic mass is 35.5. The first kappa shape index (κ1) is 11.2. The third-order valence-electron chi connectivity index (χ3n) is 2.26. The summed E-state index contributed by atoms with van der Waals surface area (Å²) in [6.45, 7) is 7.26. The van der Waals surface area contributed by atoms with Crippen molar-refractivity contribution < 1.29 is 0 Å². The summed E-state index contributed by atoms with van der Waals surface area (Å²) in [5.41, 5.74) is 1.03. The Hall–Kier alpha value is -0.830. The third-order valence-corrected chi connectivity index (χ3v) is 2.44. The number of aryl methyl sites for hydroxylation is 1. The van der Waals surface area contributed by atoms with E-state index < -0.39 is 0 Å². The second kappa shape index (κ2) is 5.15. The van der Waals surface area contributed by atoms with Crippen molar-refractivity contribution in [1.82, 2.24) is 9.97 Å². The van der Waals surface area contributed by atoms with Crippen molar-refractivity contribution in [3.63, 3.8) is 0 Å². The summed E-state index contributed by atoms with van der Waals surface area (Å²) in [4.78, 5) is 8.02. The lowest BCUT2D eigenvalue weighted by molar-refractivity contribution is 0.592. The molecule has 0 aliphatic heterocycles. The van der Waals surface area contributed by atoms with Gasteiger partial charge in [-0.2, -0.15) is 0 Å². The van der Waals surface area contributed by atoms with Gasteiger partial charge in [0.05, 0.1) is 0 Å². The molecule has 0 radical (unpaired) electrons. The van der Waals surface area contributed by atoms with E-state index in [1.54, 1.807) is 6.20 Å². The zero-order valence-corrected chi connectivity index (χ0v) is 9.60. The maximum absolute atomic E-state index is 5.70. The summed E-state index contributed by atoms with van der Waals surface area (Å²) in [5.74, 6) is 1.48. The summed E-state index contributed by atoms with van der Waals surface area (Å²) in [6, 6.07) is 0. The van der Waals surface area contributed by atoms with Gasteiger partial charge in [0.15, 0.2) is 0 Å². The molecule has 0 aromatic carbocycles. The molecule has 1 atom stereocenters. The zero-order valence-electron chi connectivity index (χ0n) is 8.84. The molecule has 0 amide bonds. The second-order valence-corrected chi connectivity index (χ2v) is 3.90. The molecule has 1 heterocycles. The summed E-state index contributed by atoms with van der Waals surface area (Å²) in [6.07, 6.45) is 2.89. The maximum atomic E-state index is 5.70. The van der Waals surface area contributed by atoms with Crippen LogP contribution in [0.3, 0.4) is 0 Å². The van der Waals surface area contributed by atoms with Crippen molar-refractivity contribution in [1.29, 1.82) is 0 Å². The predicted octanol–water partition coefficient (Wildman–Crippen LogP) is 2.90. The molecule has 3 nitrogen and oxygen atoms in total. The Morgan fingerprint density at radius 2 is 2.29 bits per heavy atom. The van der Waals surface area contributed by atoms with Gasteiger partial charge in [0.1, 0.15) is 5.82 Å². The van der Waals surface area contributed by atoms with E-state index in [0.29, 0.717) is 11.2 Å². The SMILES string of the molecule is CCC(C)CNc1nc(Cl)ncc1C. The first-order valence-electron chi connectivity index (χ1n) is 4.86. The molecule has 0 aliphatic carbocycles. The number of halogens is 1. The average Bonchev–Trinajstić information content (AvgIpc) is 2.19. The van der Waals surface area contributed by atoms with Gasteiger partial charge < -0.3 is 5.32 Å². The Balaban J connectivity index is 2.62. The van der Waals surface area contributed by atoms with Gasteiger partial charge in [0.2, 0.25) is 5.28 Å². The molecular weight excluding hydrogens is 198 g/mol. The van der Waals surface area contributed by atoms with Crippen molar-refractivity contribution in [3.05, 3.63) is 17.0 Å². The molecule has 4 heteroatoms. The lowest BCUT2D eigenvalue weighted by atomic mass is 10.1. The second-order valence-electron chi connectivity index (χ2n) is 3.56. The van der Waals surface area contributed by atoms with Crippen molar-refractivity contribution in [2.45, 2.75) is 27.2 Å². The number of anilines is 1. The molecule has 0 saturated heterocycles. The first-order chi connectivity index (χ1) is 6.63. The summed E-state index contributed by atoms with van der Waals surface area (Å²) in [5, 5.41) is 3.56. The van der Waals surface area contributed by atoms with Crippen molar-refractivity contribution in [2.24, 2.45) is 5.92 Å². The highest BCUT2D eigenvalue weighted by molar-refractivity contribution is 6.28. The van der Waals surface area contributed by atoms with Gasteiger partial charge in [-0.3, -0.25) is 0 Å². The van der Waals surface area contributed by atoms with Crippen LogP contribution < -0.4 is 5.32 Å². The minimum atomic E-state index is 0.294. The molecule has 0 fully saturated rings. The van der Waals surface area contributed by atoms with Gasteiger partial charge in [-0.05, 0) is 24.4 Å². The van der Waals surface area contributed by atoms with Crippen LogP contribution in [0.25, 0.3) is 0 Å². The van der Waals surface area contributed by atoms with Gasteiger partial charge in [-0.1, -0.05) is 20.3 Å². The van der Waals surface area contributed by atoms with Crippen LogP contribution in [0, 0.1) is 12.8 Å². The smallest absolute Gasteiger partial charge is 0.224 e. The van der Waals surface area contributed by atoms with Gasteiger partial charge in [-0.25, -0.2) is 9.97 Å². The Kier molecular flexibility index (Phi) is 4.14. The van der Waals surface area contributed by atoms with Crippen LogP contribution in [0.5, 0.6) is 0 Å². The van der Waals surface area contributed by atoms with E-state index in [2.05, 4.69) is 29.1 Å². The van der Waals surface area contributed by atoms with E-state index in [1.807, 2.05) is 6.92 Å². The van der Waals surface area contributed by atoms with E-state index in [1.165, 1.54) is 0 Å². The van der Waals surface area contributed by atoms with E-state index >= 15 is 0 Å². The topological polar surface area (TPSA) is 37.8 Å². The first-order valence-corrected chi connectivity index (χ1v) is 5.24. The van der Waals surface area contributed by atoms with Crippen LogP contribution in [0.1, 0.15) is 25.8 Å². The number of hydrogen-bond donors (Lipinski definition) is 1. The van der Waals surface area contributed by atoms with Gasteiger partial charge >= 0.3 is 0 Å². The van der Waals surface area contributed by atoms with Crippen LogP contribution in [0.15, 0.2) is 6.20 Å². The molecule has 78 valence electrons. The minimum absolute atomic E-state index is 0.294. The molecule has 0 bridgehead atoms. The van der Waals surface area contributed by atoms with Crippen LogP contribution in [0.4, 0.5) is 5.82 Å². The fourth-order valence-electron chi connectivity index (χ4n) is 1.01. The summed E-state index contributed by atoms with van der Waals surface area (Å²) in [7, 11) is 0. The number of hydrogen-bond acceptors (Lipinski definition) is 3. The quantitative estimate of drug-likeness (QED) is 0.782. The van der Waals surface area contributed by atoms with E-state index in [0.717, 1.165) is 24.3 Å². The van der Waals surface area contributed by atoms with Crippen molar-refractivity contribution >= 4 is 17.4 Å². The van der Waals surface area contributed by atoms with Crippen molar-refractivity contribution in [2.75, 3.05) is 11.9 Å². The highest BCUT2D eigenvalue weighted by Gasteiger charge is 2.03. The fraction of sp³-hybridized carbons (Fsp3) is 0.600. The number of rotatable bonds is 4. The molecule has 14 heavy (non-hydrogen) atoms. The Bertz CT molecular complexity index is 301. The van der Waals surface area contributed by atoms with Crippen LogP contribution in [-0.4, -0.2) is 16.5 Å². The normalized spacial score (nSPS) is 12.6. The molecule has 1 N–H and O–H groups in total. The van der Waals surface area contributed by atoms with E-state index in [4.69, 9.17) is 11.6 Å². The molecule has 1 rings (SSSR count). The van der Waals surface area contributed by atoms with Crippen LogP contribution in [-0.2, 0) is 0 Å². The lowest BCUT2D eigenvalue weighted by Gasteiger charge is -2.12. The maximum Gasteiger partial charge on any atom is 0.224 e. The lowest BCUT2D eigenvalue weighted by Crippen LogP contribution is -2.12. The Morgan fingerprint density at radius 1 is 1.57 bits per heavy atom. The minimum Gasteiger partial charge on any atom is -0.369 e. The largest absolute Gasteiger partial charge is 0.369 e. The van der Waals surface area contributed by atoms with Gasteiger partial charge in [0, 0.05) is 18.3 Å². The fourth-order valence-corrected chi connectivity index (χ4v) is 1.15. The van der Waals surface area contributed by atoms with Gasteiger partial charge in [0.25, 0.3) is 0 Å². The molecule has 1 aromatic rings. The van der Waals surface area contributed by atoms with Crippen LogP contribution in [0.2, 0.25) is 5.28 Å². The Labute approximate surface area is 89.9 Å². The van der Waals surface area contributed by atoms with Crippen LogP contribution >= 0.6 is 11.6 Å². The molecule has 1 unspecified atom stereocenters. The average molecular weight is 214 g/mol. The highest BCUT2D eigenvalue weighted by Crippen LogP contribution is 2.13. The molecule has 1 aromatic heterocycles. The van der Waals surface area contributed by atoms with Crippen molar-refractivity contribution in [3.8, 4) is 0 Å². The molecular formula is C10H16ClN3. The van der Waals surface area contributed by atoms with E-state index in [-0.39, 0.29) is 0 Å². The standard InChI is InChI=1S/C10H16ClN3/c1-4-7(2)5-12-9-8(3)6-13-10(11)14-9/h6-7H,4-5H2,1-3H3,(H,12,13,14). The molecule has 0 spiro atoms. The monoisotopic (exact) mass is 213 g/mol. The number of nitrogens with one attached hydrogen (secondary N) is 1. The number of aromatic nitrogens is 2. The molecule has 0 aliphatic rings. The summed E-state index contributed by atoms with van der Waals surface area (Å²) < 4.78 is 0. The zero-order chi connectivity index (χ0) is 10.6. The summed E-state index contributed by atoms with van der Waals surface area (Å²) >= 11 is 5.70. The Morgan fingerprint density at radius 3 is 2.93 bits per heavy atom. The molecule has 0 saturated carbocycles. The van der Waals surface area contributed by atoms with E-state index in [9.17, 15) is 0 Å². The third kappa shape index (κ3) is 3.14.